The number of rotatable bonds is 7. The van der Waals surface area contributed by atoms with Crippen LogP contribution in [0.3, 0.4) is 0 Å². The van der Waals surface area contributed by atoms with Crippen LogP contribution in [0.25, 0.3) is 0 Å². The van der Waals surface area contributed by atoms with Gasteiger partial charge >= 0.3 is 0 Å². The lowest BCUT2D eigenvalue weighted by Gasteiger charge is -2.17. The van der Waals surface area contributed by atoms with Gasteiger partial charge in [0, 0.05) is 30.1 Å². The molecule has 0 fully saturated rings. The molecule has 1 atom stereocenters. The summed E-state index contributed by atoms with van der Waals surface area (Å²) < 4.78 is 2.00. The number of aryl methyl sites for hydroxylation is 2. The Labute approximate surface area is 129 Å². The predicted octanol–water partition coefficient (Wildman–Crippen LogP) is 3.60. The number of halogens is 1. The fourth-order valence-electron chi connectivity index (χ4n) is 2.25. The van der Waals surface area contributed by atoms with Crippen LogP contribution in [-0.2, 0) is 13.0 Å². The first-order chi connectivity index (χ1) is 9.67. The Kier molecular flexibility index (Phi) is 5.57. The van der Waals surface area contributed by atoms with Gasteiger partial charge in [0.25, 0.3) is 0 Å². The molecule has 2 heterocycles. The van der Waals surface area contributed by atoms with E-state index in [9.17, 15) is 0 Å². The molecular weight excluding hydrogens is 292 g/mol. The van der Waals surface area contributed by atoms with Gasteiger partial charge in [-0.05, 0) is 26.8 Å². The molecule has 6 heteroatoms. The Hall–Kier alpha value is -0.910. The van der Waals surface area contributed by atoms with Crippen LogP contribution in [0.15, 0.2) is 11.7 Å². The second kappa shape index (κ2) is 7.20. The molecule has 1 unspecified atom stereocenters. The molecule has 20 heavy (non-hydrogen) atoms. The Bertz CT molecular complexity index is 536. The van der Waals surface area contributed by atoms with Crippen LogP contribution in [0.2, 0.25) is 5.02 Å². The minimum absolute atomic E-state index is 0.251. The van der Waals surface area contributed by atoms with Crippen molar-refractivity contribution < 1.29 is 0 Å². The summed E-state index contributed by atoms with van der Waals surface area (Å²) in [7, 11) is 0. The quantitative estimate of drug-likeness (QED) is 0.849. The van der Waals surface area contributed by atoms with E-state index in [0.717, 1.165) is 42.3 Å². The Morgan fingerprint density at radius 3 is 2.85 bits per heavy atom. The van der Waals surface area contributed by atoms with Gasteiger partial charge in [-0.25, -0.2) is 0 Å². The largest absolute Gasteiger partial charge is 0.309 e. The lowest BCUT2D eigenvalue weighted by molar-refractivity contribution is 0.508. The van der Waals surface area contributed by atoms with Gasteiger partial charge in [0.1, 0.15) is 0 Å². The van der Waals surface area contributed by atoms with Crippen LogP contribution < -0.4 is 5.32 Å². The minimum atomic E-state index is 0.251. The molecule has 0 saturated heterocycles. The molecule has 1 N–H and O–H groups in total. The monoisotopic (exact) mass is 312 g/mol. The van der Waals surface area contributed by atoms with E-state index in [2.05, 4.69) is 29.2 Å². The summed E-state index contributed by atoms with van der Waals surface area (Å²) in [6.07, 6.45) is 3.89. The zero-order chi connectivity index (χ0) is 14.5. The van der Waals surface area contributed by atoms with Gasteiger partial charge in [0.2, 0.25) is 0 Å². The van der Waals surface area contributed by atoms with Gasteiger partial charge in [-0.3, -0.25) is 9.67 Å². The van der Waals surface area contributed by atoms with E-state index in [4.69, 9.17) is 11.6 Å². The van der Waals surface area contributed by atoms with Crippen molar-refractivity contribution in [1.29, 1.82) is 0 Å². The van der Waals surface area contributed by atoms with E-state index < -0.39 is 0 Å². The fourth-order valence-corrected chi connectivity index (χ4v) is 3.16. The van der Waals surface area contributed by atoms with E-state index in [-0.39, 0.29) is 6.04 Å². The van der Waals surface area contributed by atoms with E-state index in [1.807, 2.05) is 23.3 Å². The maximum Gasteiger partial charge on any atom is 0.0847 e. The molecule has 2 aromatic rings. The number of aromatic nitrogens is 3. The molecular formula is C14H21ClN4S. The van der Waals surface area contributed by atoms with E-state index in [1.54, 1.807) is 11.3 Å². The molecule has 110 valence electrons. The van der Waals surface area contributed by atoms with Gasteiger partial charge in [-0.15, -0.1) is 11.3 Å². The lowest BCUT2D eigenvalue weighted by Crippen LogP contribution is -2.24. The van der Waals surface area contributed by atoms with Crippen LogP contribution in [0.5, 0.6) is 0 Å². The van der Waals surface area contributed by atoms with Gasteiger partial charge in [0.15, 0.2) is 0 Å². The third-order valence-corrected chi connectivity index (χ3v) is 4.67. The Morgan fingerprint density at radius 2 is 2.25 bits per heavy atom. The summed E-state index contributed by atoms with van der Waals surface area (Å²) in [6, 6.07) is 0.251. The van der Waals surface area contributed by atoms with Gasteiger partial charge < -0.3 is 5.32 Å². The van der Waals surface area contributed by atoms with Crippen LogP contribution in [0, 0.1) is 6.92 Å². The summed E-state index contributed by atoms with van der Waals surface area (Å²) in [5.74, 6) is 0. The maximum atomic E-state index is 6.41. The third-order valence-electron chi connectivity index (χ3n) is 3.29. The molecule has 0 aliphatic rings. The van der Waals surface area contributed by atoms with Crippen LogP contribution >= 0.6 is 22.9 Å². The van der Waals surface area contributed by atoms with Gasteiger partial charge in [0.05, 0.1) is 21.9 Å². The zero-order valence-electron chi connectivity index (χ0n) is 12.2. The number of hydrogen-bond donors (Lipinski definition) is 1. The zero-order valence-corrected chi connectivity index (χ0v) is 13.8. The van der Waals surface area contributed by atoms with E-state index in [0.29, 0.717) is 0 Å². The van der Waals surface area contributed by atoms with Gasteiger partial charge in [-0.2, -0.15) is 5.10 Å². The highest BCUT2D eigenvalue weighted by Crippen LogP contribution is 2.27. The molecule has 0 aliphatic heterocycles. The second-order valence-corrected chi connectivity index (χ2v) is 6.07. The van der Waals surface area contributed by atoms with Crippen LogP contribution in [-0.4, -0.2) is 21.3 Å². The highest BCUT2D eigenvalue weighted by molar-refractivity contribution is 7.09. The molecule has 0 aliphatic carbocycles. The van der Waals surface area contributed by atoms with Crippen molar-refractivity contribution in [2.24, 2.45) is 0 Å². The predicted molar refractivity (Wildman–Crippen MR) is 84.5 cm³/mol. The number of nitrogens with one attached hydrogen (secondary N) is 1. The lowest BCUT2D eigenvalue weighted by atomic mass is 10.1. The highest BCUT2D eigenvalue weighted by atomic mass is 35.5. The van der Waals surface area contributed by atoms with Crippen molar-refractivity contribution in [3.05, 3.63) is 33.0 Å². The number of hydrogen-bond acceptors (Lipinski definition) is 4. The third kappa shape index (κ3) is 3.40. The second-order valence-electron chi connectivity index (χ2n) is 4.78. The molecule has 0 aromatic carbocycles. The first kappa shape index (κ1) is 15.5. The van der Waals surface area contributed by atoms with Crippen molar-refractivity contribution in [2.75, 3.05) is 6.54 Å². The van der Waals surface area contributed by atoms with E-state index >= 15 is 0 Å². The molecule has 2 aromatic heterocycles. The van der Waals surface area contributed by atoms with Crippen molar-refractivity contribution in [2.45, 2.75) is 46.2 Å². The Balaban J connectivity index is 2.23. The molecule has 0 amide bonds. The van der Waals surface area contributed by atoms with Crippen LogP contribution in [0.1, 0.15) is 42.6 Å². The fraction of sp³-hybridized carbons (Fsp3) is 0.571. The first-order valence-corrected chi connectivity index (χ1v) is 8.26. The smallest absolute Gasteiger partial charge is 0.0847 e. The minimum Gasteiger partial charge on any atom is -0.309 e. The van der Waals surface area contributed by atoms with Crippen molar-refractivity contribution in [1.82, 2.24) is 20.1 Å². The molecule has 2 rings (SSSR count). The number of nitrogens with zero attached hydrogens (tertiary/aromatic N) is 3. The van der Waals surface area contributed by atoms with Gasteiger partial charge in [-0.1, -0.05) is 18.5 Å². The summed E-state index contributed by atoms with van der Waals surface area (Å²) in [5.41, 5.74) is 3.88. The molecule has 0 radical (unpaired) electrons. The van der Waals surface area contributed by atoms with Crippen molar-refractivity contribution in [3.8, 4) is 0 Å². The summed E-state index contributed by atoms with van der Waals surface area (Å²) in [6.45, 7) is 8.04. The number of thiazole rings is 1. The Morgan fingerprint density at radius 1 is 1.45 bits per heavy atom. The van der Waals surface area contributed by atoms with E-state index in [1.165, 1.54) is 4.88 Å². The summed E-state index contributed by atoms with van der Waals surface area (Å²) in [5, 5.41) is 8.86. The normalized spacial score (nSPS) is 12.8. The van der Waals surface area contributed by atoms with Crippen molar-refractivity contribution >= 4 is 22.9 Å². The summed E-state index contributed by atoms with van der Waals surface area (Å²) in [4.78, 5) is 5.43. The molecule has 0 spiro atoms. The maximum absolute atomic E-state index is 6.41. The van der Waals surface area contributed by atoms with Crippen LogP contribution in [0.4, 0.5) is 0 Å². The molecule has 0 bridgehead atoms. The standard InChI is InChI=1S/C14H21ClN4S/c1-4-6-17-11(13-8-16-9-20-13)7-12-14(15)10(3)18-19(12)5-2/h8-9,11,17H,4-7H2,1-3H3. The average molecular weight is 313 g/mol. The molecule has 4 nitrogen and oxygen atoms in total. The average Bonchev–Trinajstić information content (AvgIpc) is 3.06. The van der Waals surface area contributed by atoms with Crippen molar-refractivity contribution in [3.63, 3.8) is 0 Å². The summed E-state index contributed by atoms with van der Waals surface area (Å²) >= 11 is 8.09. The SMILES string of the molecule is CCCNC(Cc1c(Cl)c(C)nn1CC)c1cncs1. The molecule has 0 saturated carbocycles. The first-order valence-electron chi connectivity index (χ1n) is 7.00. The topological polar surface area (TPSA) is 42.7 Å². The highest BCUT2D eigenvalue weighted by Gasteiger charge is 2.19.